The molecule has 6 rings (SSSR count). The Hall–Kier alpha value is -7.22. The van der Waals surface area contributed by atoms with Crippen LogP contribution in [0.2, 0.25) is 0 Å². The Balaban J connectivity index is 1.12. The van der Waals surface area contributed by atoms with Crippen LogP contribution in [-0.4, -0.2) is 87.6 Å². The molecule has 304 valence electrons. The highest BCUT2D eigenvalue weighted by atomic mass is 16.5. The average Bonchev–Trinajstić information content (AvgIpc) is 3.94. The summed E-state index contributed by atoms with van der Waals surface area (Å²) in [5, 5.41) is 7.25. The summed E-state index contributed by atoms with van der Waals surface area (Å²) in [6.45, 7) is 8.82. The lowest BCUT2D eigenvalue weighted by Gasteiger charge is -2.27. The van der Waals surface area contributed by atoms with Gasteiger partial charge in [-0.1, -0.05) is 97.9 Å². The summed E-state index contributed by atoms with van der Waals surface area (Å²) in [6, 6.07) is 29.0. The van der Waals surface area contributed by atoms with E-state index >= 15 is 0 Å². The molecule has 1 atom stereocenters. The predicted molar refractivity (Wildman–Crippen MR) is 226 cm³/mol. The molecule has 0 saturated heterocycles. The Bertz CT molecular complexity index is 2420. The number of rotatable bonds is 16. The number of alkyl carbamates (subject to hydrolysis) is 2. The van der Waals surface area contributed by atoms with E-state index in [0.29, 0.717) is 30.3 Å². The Labute approximate surface area is 342 Å². The van der Waals surface area contributed by atoms with E-state index in [4.69, 9.17) is 4.74 Å². The van der Waals surface area contributed by atoms with Crippen molar-refractivity contribution in [2.75, 3.05) is 33.9 Å². The van der Waals surface area contributed by atoms with Gasteiger partial charge in [0.25, 0.3) is 0 Å². The van der Waals surface area contributed by atoms with Gasteiger partial charge in [-0.05, 0) is 58.5 Å². The molecule has 14 nitrogen and oxygen atoms in total. The van der Waals surface area contributed by atoms with Crippen molar-refractivity contribution in [3.8, 4) is 33.6 Å². The number of nitrogens with one attached hydrogen (secondary N) is 4. The van der Waals surface area contributed by atoms with Crippen molar-refractivity contribution in [1.82, 2.24) is 40.4 Å². The molecule has 0 aliphatic carbocycles. The molecule has 0 unspecified atom stereocenters. The number of nitrogens with zero attached hydrogens (tertiary/aromatic N) is 4. The highest BCUT2D eigenvalue weighted by molar-refractivity contribution is 5.91. The minimum atomic E-state index is -0.905. The van der Waals surface area contributed by atoms with Gasteiger partial charge in [0.1, 0.15) is 24.2 Å². The van der Waals surface area contributed by atoms with Gasteiger partial charge in [-0.25, -0.2) is 19.6 Å². The van der Waals surface area contributed by atoms with E-state index in [-0.39, 0.29) is 31.4 Å². The van der Waals surface area contributed by atoms with Crippen LogP contribution < -0.4 is 10.6 Å². The second-order valence-electron chi connectivity index (χ2n) is 14.1. The van der Waals surface area contributed by atoms with E-state index < -0.39 is 18.2 Å². The zero-order valence-electron chi connectivity index (χ0n) is 33.6. The molecule has 2 heterocycles. The summed E-state index contributed by atoms with van der Waals surface area (Å²) in [4.78, 5) is 69.4. The number of methoxy groups -OCH3 is 2. The Morgan fingerprint density at radius 1 is 0.729 bits per heavy atom. The van der Waals surface area contributed by atoms with Gasteiger partial charge in [0.2, 0.25) is 11.8 Å². The first-order chi connectivity index (χ1) is 28.5. The monoisotopic (exact) mass is 796 g/mol. The van der Waals surface area contributed by atoms with Gasteiger partial charge in [-0.3, -0.25) is 9.59 Å². The van der Waals surface area contributed by atoms with Crippen LogP contribution in [0, 0.1) is 0 Å². The third-order valence-corrected chi connectivity index (χ3v) is 9.63. The number of hydrogen-bond acceptors (Lipinski definition) is 8. The summed E-state index contributed by atoms with van der Waals surface area (Å²) < 4.78 is 9.38. The van der Waals surface area contributed by atoms with Crippen LogP contribution >= 0.6 is 0 Å². The Morgan fingerprint density at radius 3 is 1.90 bits per heavy atom. The summed E-state index contributed by atoms with van der Waals surface area (Å²) in [5.41, 5.74) is 7.12. The molecule has 59 heavy (non-hydrogen) atoms. The molecule has 4 N–H and O–H groups in total. The zero-order valence-corrected chi connectivity index (χ0v) is 33.6. The highest BCUT2D eigenvalue weighted by Gasteiger charge is 2.28. The van der Waals surface area contributed by atoms with Gasteiger partial charge in [-0.15, -0.1) is 0 Å². The van der Waals surface area contributed by atoms with E-state index in [9.17, 15) is 19.2 Å². The quantitative estimate of drug-likeness (QED) is 0.0734. The molecular formula is C45H48N8O6. The maximum Gasteiger partial charge on any atom is 0.407 e. The fourth-order valence-electron chi connectivity index (χ4n) is 6.70. The van der Waals surface area contributed by atoms with E-state index in [0.717, 1.165) is 56.4 Å². The maximum absolute atomic E-state index is 13.8. The minimum absolute atomic E-state index is 0.199. The largest absolute Gasteiger partial charge is 0.453 e. The summed E-state index contributed by atoms with van der Waals surface area (Å²) in [6.07, 6.45) is 2.87. The fraction of sp³-hybridized carbons (Fsp3) is 0.244. The lowest BCUT2D eigenvalue weighted by atomic mass is 9.98. The Morgan fingerprint density at radius 2 is 1.29 bits per heavy atom. The van der Waals surface area contributed by atoms with Crippen LogP contribution in [0.1, 0.15) is 43.5 Å². The van der Waals surface area contributed by atoms with Crippen molar-refractivity contribution in [3.63, 3.8) is 0 Å². The molecule has 14 heteroatoms. The molecule has 4 aromatic carbocycles. The molecule has 0 bridgehead atoms. The van der Waals surface area contributed by atoms with Crippen LogP contribution in [-0.2, 0) is 32.2 Å². The van der Waals surface area contributed by atoms with E-state index in [1.165, 1.54) is 14.2 Å². The number of aromatic nitrogens is 4. The molecule has 0 aliphatic heterocycles. The number of fused-ring (bicyclic) bond motifs is 1. The number of H-pyrrole nitrogens is 2. The number of imidazole rings is 2. The molecule has 4 amide bonds. The number of aromatic amines is 2. The first-order valence-electron chi connectivity index (χ1n) is 19.2. The van der Waals surface area contributed by atoms with Crippen molar-refractivity contribution in [2.24, 2.45) is 0 Å². The average molecular weight is 797 g/mol. The molecule has 6 aromatic rings. The van der Waals surface area contributed by atoms with Crippen molar-refractivity contribution >= 4 is 34.8 Å². The number of carbonyl (C=O) groups is 4. The normalized spacial score (nSPS) is 11.4. The third-order valence-electron chi connectivity index (χ3n) is 9.63. The van der Waals surface area contributed by atoms with Gasteiger partial charge in [0.15, 0.2) is 0 Å². The standard InChI is InChI=1S/C45H48N8O6/c1-6-20-52(43(55)42(51-45(57)59-5)32-10-8-7-9-11-32)27-39-46-23-37(49-39)31-14-12-30(13-15-31)33-16-17-35-22-36(19-18-34(35)21-33)38-24-47-40(50-38)28-53(26-29(2)3)41(54)25-48-44(56)58-4/h7-19,21-24,42H,2,6,20,25-28H2,1,3-5H3,(H,46,49)(H,47,50)(H,48,56)(H,51,57)/t42-/m1/s1. The topological polar surface area (TPSA) is 175 Å². The SMILES string of the molecule is C=C(C)CN(Cc1ncc(-c2ccc3cc(-c4ccc(-c5cnc(CN(CCC)C(=O)[C@H](NC(=O)OC)c6ccccc6)[nH]5)cc4)ccc3c2)[nH]1)C(=O)CNC(=O)OC. The molecule has 0 fully saturated rings. The van der Waals surface area contributed by atoms with Crippen LogP contribution in [0.3, 0.4) is 0 Å². The third kappa shape index (κ3) is 10.6. The molecule has 0 radical (unpaired) electrons. The first-order valence-corrected chi connectivity index (χ1v) is 19.2. The van der Waals surface area contributed by atoms with Gasteiger partial charge in [-0.2, -0.15) is 0 Å². The lowest BCUT2D eigenvalue weighted by Crippen LogP contribution is -2.43. The van der Waals surface area contributed by atoms with Crippen LogP contribution in [0.5, 0.6) is 0 Å². The van der Waals surface area contributed by atoms with Crippen molar-refractivity contribution < 1.29 is 28.7 Å². The molecule has 0 aliphatic rings. The molecule has 0 spiro atoms. The van der Waals surface area contributed by atoms with Gasteiger partial charge in [0.05, 0.1) is 51.1 Å². The van der Waals surface area contributed by atoms with Crippen molar-refractivity contribution in [2.45, 2.75) is 39.4 Å². The van der Waals surface area contributed by atoms with Gasteiger partial charge >= 0.3 is 12.2 Å². The number of amides is 4. The molecule has 0 saturated carbocycles. The number of carbonyl (C=O) groups excluding carboxylic acids is 4. The molecule has 2 aromatic heterocycles. The first kappa shape index (κ1) is 41.4. The van der Waals surface area contributed by atoms with Crippen molar-refractivity contribution in [1.29, 1.82) is 0 Å². The summed E-state index contributed by atoms with van der Waals surface area (Å²) >= 11 is 0. The van der Waals surface area contributed by atoms with Crippen LogP contribution in [0.25, 0.3) is 44.4 Å². The van der Waals surface area contributed by atoms with E-state index in [2.05, 4.69) is 84.3 Å². The van der Waals surface area contributed by atoms with Crippen molar-refractivity contribution in [3.05, 3.63) is 133 Å². The number of hydrogen-bond donors (Lipinski definition) is 4. The number of benzene rings is 4. The zero-order chi connectivity index (χ0) is 41.9. The predicted octanol–water partition coefficient (Wildman–Crippen LogP) is 7.38. The number of ether oxygens (including phenoxy) is 2. The summed E-state index contributed by atoms with van der Waals surface area (Å²) in [5.74, 6) is 0.690. The smallest absolute Gasteiger partial charge is 0.407 e. The molecular weight excluding hydrogens is 749 g/mol. The minimum Gasteiger partial charge on any atom is -0.453 e. The van der Waals surface area contributed by atoms with E-state index in [1.54, 1.807) is 34.3 Å². The summed E-state index contributed by atoms with van der Waals surface area (Å²) in [7, 11) is 2.51. The maximum atomic E-state index is 13.8. The lowest BCUT2D eigenvalue weighted by molar-refractivity contribution is -0.134. The second kappa shape index (κ2) is 19.3. The van der Waals surface area contributed by atoms with Crippen LogP contribution in [0.4, 0.5) is 9.59 Å². The second-order valence-corrected chi connectivity index (χ2v) is 14.1. The van der Waals surface area contributed by atoms with Crippen LogP contribution in [0.15, 0.2) is 116 Å². The fourth-order valence-corrected chi connectivity index (χ4v) is 6.70. The van der Waals surface area contributed by atoms with E-state index in [1.807, 2.05) is 50.2 Å². The van der Waals surface area contributed by atoms with Gasteiger partial charge in [0, 0.05) is 18.7 Å². The Kier molecular flexibility index (Phi) is 13.5. The van der Waals surface area contributed by atoms with Gasteiger partial charge < -0.3 is 39.9 Å². The highest BCUT2D eigenvalue weighted by Crippen LogP contribution is 2.30.